The predicted octanol–water partition coefficient (Wildman–Crippen LogP) is 2.70. The molecule has 0 spiro atoms. The van der Waals surface area contributed by atoms with Crippen molar-refractivity contribution in [2.45, 2.75) is 25.2 Å². The Morgan fingerprint density at radius 2 is 2.05 bits per heavy atom. The van der Waals surface area contributed by atoms with Crippen LogP contribution in [-0.4, -0.2) is 31.3 Å². The zero-order valence-corrected chi connectivity index (χ0v) is 12.7. The van der Waals surface area contributed by atoms with Gasteiger partial charge in [0.1, 0.15) is 0 Å². The topological polar surface area (TPSA) is 68.0 Å². The van der Waals surface area contributed by atoms with Crippen LogP contribution in [0.2, 0.25) is 5.15 Å². The number of nitrogens with zero attached hydrogens (tertiary/aromatic N) is 5. The van der Waals surface area contributed by atoms with Gasteiger partial charge in [-0.3, -0.25) is 4.98 Å². The molecule has 1 fully saturated rings. The summed E-state index contributed by atoms with van der Waals surface area (Å²) in [6, 6.07) is 5.83. The molecule has 22 heavy (non-hydrogen) atoms. The van der Waals surface area contributed by atoms with Crippen molar-refractivity contribution in [2.75, 3.05) is 11.9 Å². The van der Waals surface area contributed by atoms with Crippen LogP contribution in [0.4, 0.5) is 5.69 Å². The third kappa shape index (κ3) is 2.62. The lowest BCUT2D eigenvalue weighted by molar-refractivity contribution is 0.815. The summed E-state index contributed by atoms with van der Waals surface area (Å²) < 4.78 is 1.77. The van der Waals surface area contributed by atoms with E-state index >= 15 is 0 Å². The first kappa shape index (κ1) is 13.5. The highest BCUT2D eigenvalue weighted by molar-refractivity contribution is 6.29. The molecular weight excluding hydrogens is 300 g/mol. The Bertz CT molecular complexity index is 796. The zero-order valence-electron chi connectivity index (χ0n) is 11.9. The fourth-order valence-electron chi connectivity index (χ4n) is 2.48. The molecule has 0 amide bonds. The van der Waals surface area contributed by atoms with Gasteiger partial charge in [-0.2, -0.15) is 9.61 Å². The summed E-state index contributed by atoms with van der Waals surface area (Å²) in [5, 5.41) is 16.7. The number of hydrogen-bond acceptors (Lipinski definition) is 5. The summed E-state index contributed by atoms with van der Waals surface area (Å²) in [5.74, 6) is 1.39. The lowest BCUT2D eigenvalue weighted by atomic mass is 10.2. The van der Waals surface area contributed by atoms with Crippen LogP contribution in [0.1, 0.15) is 30.1 Å². The van der Waals surface area contributed by atoms with E-state index in [1.165, 1.54) is 5.56 Å². The van der Waals surface area contributed by atoms with E-state index in [4.69, 9.17) is 11.6 Å². The molecule has 1 aliphatic carbocycles. The predicted molar refractivity (Wildman–Crippen MR) is 84.2 cm³/mol. The third-order valence-corrected chi connectivity index (χ3v) is 3.97. The van der Waals surface area contributed by atoms with Crippen molar-refractivity contribution in [1.82, 2.24) is 24.8 Å². The second kappa shape index (κ2) is 5.53. The Hall–Kier alpha value is -2.21. The summed E-state index contributed by atoms with van der Waals surface area (Å²) >= 11 is 6.14. The van der Waals surface area contributed by atoms with E-state index in [-0.39, 0.29) is 0 Å². The Morgan fingerprint density at radius 3 is 2.82 bits per heavy atom. The van der Waals surface area contributed by atoms with Crippen LogP contribution in [0.3, 0.4) is 0 Å². The highest BCUT2D eigenvalue weighted by Crippen LogP contribution is 2.39. The van der Waals surface area contributed by atoms with Crippen LogP contribution in [-0.2, 0) is 6.42 Å². The molecule has 0 aliphatic heterocycles. The second-order valence-electron chi connectivity index (χ2n) is 5.48. The van der Waals surface area contributed by atoms with E-state index in [1.807, 2.05) is 12.1 Å². The maximum atomic E-state index is 6.14. The smallest absolute Gasteiger partial charge is 0.201 e. The minimum absolute atomic E-state index is 0.445. The highest BCUT2D eigenvalue weighted by Gasteiger charge is 2.29. The zero-order chi connectivity index (χ0) is 14.9. The quantitative estimate of drug-likeness (QED) is 0.784. The van der Waals surface area contributed by atoms with Gasteiger partial charge in [0.25, 0.3) is 0 Å². The number of halogens is 1. The molecule has 0 saturated heterocycles. The van der Waals surface area contributed by atoms with Crippen molar-refractivity contribution in [2.24, 2.45) is 0 Å². The van der Waals surface area contributed by atoms with Crippen LogP contribution in [0.15, 0.2) is 30.6 Å². The largest absolute Gasteiger partial charge is 0.382 e. The average molecular weight is 315 g/mol. The van der Waals surface area contributed by atoms with Gasteiger partial charge >= 0.3 is 0 Å². The minimum atomic E-state index is 0.445. The number of rotatable bonds is 5. The number of fused-ring (bicyclic) bond motifs is 1. The molecule has 4 rings (SSSR count). The van der Waals surface area contributed by atoms with Crippen molar-refractivity contribution in [1.29, 1.82) is 0 Å². The Kier molecular flexibility index (Phi) is 3.38. The molecule has 7 heteroatoms. The molecule has 1 saturated carbocycles. The Labute approximate surface area is 132 Å². The first-order chi connectivity index (χ1) is 10.8. The molecule has 0 radical (unpaired) electrons. The third-order valence-electron chi connectivity index (χ3n) is 3.79. The van der Waals surface area contributed by atoms with Gasteiger partial charge < -0.3 is 5.32 Å². The number of anilines is 1. The normalized spacial score (nSPS) is 14.4. The number of aromatic nitrogens is 5. The summed E-state index contributed by atoms with van der Waals surface area (Å²) in [6.45, 7) is 0.783. The summed E-state index contributed by atoms with van der Waals surface area (Å²) in [6.07, 6.45) is 6.81. The first-order valence-electron chi connectivity index (χ1n) is 7.36. The van der Waals surface area contributed by atoms with E-state index in [9.17, 15) is 0 Å². The average Bonchev–Trinajstić information content (AvgIpc) is 3.28. The molecule has 0 atom stereocenters. The lowest BCUT2D eigenvalue weighted by Gasteiger charge is -2.08. The van der Waals surface area contributed by atoms with E-state index in [0.29, 0.717) is 11.1 Å². The van der Waals surface area contributed by atoms with Gasteiger partial charge in [0.05, 0.1) is 5.69 Å². The number of nitrogens with one attached hydrogen (secondary N) is 1. The lowest BCUT2D eigenvalue weighted by Crippen LogP contribution is -2.08. The van der Waals surface area contributed by atoms with E-state index in [0.717, 1.165) is 43.0 Å². The van der Waals surface area contributed by atoms with Crippen LogP contribution < -0.4 is 5.32 Å². The Morgan fingerprint density at radius 1 is 1.23 bits per heavy atom. The highest BCUT2D eigenvalue weighted by atomic mass is 35.5. The summed E-state index contributed by atoms with van der Waals surface area (Å²) in [5.41, 5.74) is 2.84. The SMILES string of the molecule is Clc1cc(NCCc2ccncc2)c2nnc(C3CC3)n2n1. The van der Waals surface area contributed by atoms with Gasteiger partial charge in [0.15, 0.2) is 11.0 Å². The number of hydrogen-bond donors (Lipinski definition) is 1. The molecule has 0 aromatic carbocycles. The van der Waals surface area contributed by atoms with E-state index in [1.54, 1.807) is 23.0 Å². The fourth-order valence-corrected chi connectivity index (χ4v) is 2.67. The van der Waals surface area contributed by atoms with Crippen molar-refractivity contribution in [3.05, 3.63) is 47.1 Å². The van der Waals surface area contributed by atoms with Crippen LogP contribution in [0.5, 0.6) is 0 Å². The molecule has 1 N–H and O–H groups in total. The van der Waals surface area contributed by atoms with Gasteiger partial charge in [-0.1, -0.05) is 11.6 Å². The molecule has 3 heterocycles. The van der Waals surface area contributed by atoms with Gasteiger partial charge in [-0.15, -0.1) is 10.2 Å². The molecule has 0 unspecified atom stereocenters. The van der Waals surface area contributed by atoms with Crippen LogP contribution in [0.25, 0.3) is 5.65 Å². The molecule has 1 aliphatic rings. The molecule has 3 aromatic heterocycles. The monoisotopic (exact) mass is 314 g/mol. The maximum Gasteiger partial charge on any atom is 0.201 e. The molecular formula is C15H15ClN6. The van der Waals surface area contributed by atoms with Crippen molar-refractivity contribution in [3.8, 4) is 0 Å². The molecule has 0 bridgehead atoms. The van der Waals surface area contributed by atoms with Crippen molar-refractivity contribution < 1.29 is 0 Å². The standard InChI is InChI=1S/C15H15ClN6/c16-13-9-12(18-8-5-10-3-6-17-7-4-10)15-20-19-14(11-1-2-11)22(15)21-13/h3-4,6-7,9,11,18H,1-2,5,8H2. The van der Waals surface area contributed by atoms with Gasteiger partial charge in [-0.05, 0) is 37.0 Å². The summed E-state index contributed by atoms with van der Waals surface area (Å²) in [4.78, 5) is 4.02. The summed E-state index contributed by atoms with van der Waals surface area (Å²) in [7, 11) is 0. The minimum Gasteiger partial charge on any atom is -0.382 e. The van der Waals surface area contributed by atoms with Gasteiger partial charge in [-0.25, -0.2) is 0 Å². The maximum absolute atomic E-state index is 6.14. The van der Waals surface area contributed by atoms with Crippen molar-refractivity contribution in [3.63, 3.8) is 0 Å². The van der Waals surface area contributed by atoms with Crippen LogP contribution in [0, 0.1) is 0 Å². The molecule has 6 nitrogen and oxygen atoms in total. The van der Waals surface area contributed by atoms with E-state index in [2.05, 4.69) is 25.6 Å². The first-order valence-corrected chi connectivity index (χ1v) is 7.74. The second-order valence-corrected chi connectivity index (χ2v) is 5.87. The van der Waals surface area contributed by atoms with E-state index < -0.39 is 0 Å². The van der Waals surface area contributed by atoms with Gasteiger partial charge in [0, 0.05) is 30.9 Å². The van der Waals surface area contributed by atoms with Gasteiger partial charge in [0.2, 0.25) is 5.65 Å². The Balaban J connectivity index is 1.56. The number of pyridine rings is 1. The van der Waals surface area contributed by atoms with Crippen LogP contribution >= 0.6 is 11.6 Å². The van der Waals surface area contributed by atoms with Crippen molar-refractivity contribution >= 4 is 22.9 Å². The molecule has 3 aromatic rings. The fraction of sp³-hybridized carbons (Fsp3) is 0.333. The molecule has 112 valence electrons.